The minimum absolute atomic E-state index is 0.244. The predicted octanol–water partition coefficient (Wildman–Crippen LogP) is 3.67. The Kier molecular flexibility index (Phi) is 5.09. The highest BCUT2D eigenvalue weighted by Gasteiger charge is 2.10. The molecule has 1 aromatic carbocycles. The van der Waals surface area contributed by atoms with E-state index in [1.165, 1.54) is 11.9 Å². The Morgan fingerprint density at radius 3 is 2.32 bits per heavy atom. The maximum absolute atomic E-state index is 12.2. The second kappa shape index (κ2) is 7.02. The first kappa shape index (κ1) is 15.9. The van der Waals surface area contributed by atoms with Crippen LogP contribution in [-0.2, 0) is 0 Å². The standard InChI is InChI=1S/C17H22N4O/c1-11(2)13-5-7-14(8-6-13)21-17(22)15-9-16(19-10-18-15)20-12(3)4/h5-12H,1-4H3,(H,21,22)(H,18,19,20). The summed E-state index contributed by atoms with van der Waals surface area (Å²) in [6, 6.07) is 9.74. The van der Waals surface area contributed by atoms with Crippen LogP contribution in [0.5, 0.6) is 0 Å². The zero-order chi connectivity index (χ0) is 16.1. The third kappa shape index (κ3) is 4.28. The Bertz CT molecular complexity index is 635. The molecule has 0 aliphatic heterocycles. The first-order chi connectivity index (χ1) is 10.5. The van der Waals surface area contributed by atoms with Gasteiger partial charge in [-0.2, -0.15) is 0 Å². The van der Waals surface area contributed by atoms with Crippen molar-refractivity contribution in [3.63, 3.8) is 0 Å². The van der Waals surface area contributed by atoms with E-state index in [2.05, 4.69) is 34.4 Å². The molecule has 0 aliphatic carbocycles. The smallest absolute Gasteiger partial charge is 0.274 e. The van der Waals surface area contributed by atoms with E-state index in [0.717, 1.165) is 5.69 Å². The predicted molar refractivity (Wildman–Crippen MR) is 89.3 cm³/mol. The van der Waals surface area contributed by atoms with Gasteiger partial charge < -0.3 is 10.6 Å². The molecule has 0 radical (unpaired) electrons. The number of nitrogens with zero attached hydrogens (tertiary/aromatic N) is 2. The largest absolute Gasteiger partial charge is 0.368 e. The van der Waals surface area contributed by atoms with Gasteiger partial charge in [-0.15, -0.1) is 0 Å². The summed E-state index contributed by atoms with van der Waals surface area (Å²) in [5.41, 5.74) is 2.33. The summed E-state index contributed by atoms with van der Waals surface area (Å²) in [4.78, 5) is 20.4. The molecule has 2 aromatic rings. The quantitative estimate of drug-likeness (QED) is 0.883. The van der Waals surface area contributed by atoms with Crippen LogP contribution >= 0.6 is 0 Å². The summed E-state index contributed by atoms with van der Waals surface area (Å²) in [6.45, 7) is 8.30. The van der Waals surface area contributed by atoms with Crippen LogP contribution in [0.25, 0.3) is 0 Å². The van der Waals surface area contributed by atoms with Gasteiger partial charge >= 0.3 is 0 Å². The number of amides is 1. The van der Waals surface area contributed by atoms with Gasteiger partial charge in [0, 0.05) is 17.8 Å². The zero-order valence-corrected chi connectivity index (χ0v) is 13.4. The van der Waals surface area contributed by atoms with Crippen LogP contribution < -0.4 is 10.6 Å². The number of benzene rings is 1. The highest BCUT2D eigenvalue weighted by atomic mass is 16.1. The second-order valence-electron chi connectivity index (χ2n) is 5.82. The number of rotatable bonds is 5. The summed E-state index contributed by atoms with van der Waals surface area (Å²) in [5, 5.41) is 6.00. The fourth-order valence-electron chi connectivity index (χ4n) is 2.00. The fourth-order valence-corrected chi connectivity index (χ4v) is 2.00. The molecule has 0 aliphatic rings. The SMILES string of the molecule is CC(C)Nc1cc(C(=O)Nc2ccc(C(C)C)cc2)ncn1. The number of hydrogen-bond acceptors (Lipinski definition) is 4. The molecule has 116 valence electrons. The average Bonchev–Trinajstić information content (AvgIpc) is 2.47. The first-order valence-corrected chi connectivity index (χ1v) is 7.45. The van der Waals surface area contributed by atoms with Crippen molar-refractivity contribution in [1.82, 2.24) is 9.97 Å². The average molecular weight is 298 g/mol. The third-order valence-corrected chi connectivity index (χ3v) is 3.17. The summed E-state index contributed by atoms with van der Waals surface area (Å²) in [5.74, 6) is 0.869. The van der Waals surface area contributed by atoms with E-state index in [4.69, 9.17) is 0 Å². The highest BCUT2D eigenvalue weighted by Crippen LogP contribution is 2.17. The summed E-state index contributed by atoms with van der Waals surface area (Å²) in [7, 11) is 0. The minimum atomic E-state index is -0.244. The molecule has 0 saturated carbocycles. The van der Waals surface area contributed by atoms with Crippen LogP contribution in [0.4, 0.5) is 11.5 Å². The number of anilines is 2. The van der Waals surface area contributed by atoms with E-state index in [-0.39, 0.29) is 11.9 Å². The van der Waals surface area contributed by atoms with Crippen molar-refractivity contribution in [2.45, 2.75) is 39.7 Å². The van der Waals surface area contributed by atoms with Crippen LogP contribution in [0.15, 0.2) is 36.7 Å². The molecular formula is C17H22N4O. The van der Waals surface area contributed by atoms with Crippen molar-refractivity contribution in [2.75, 3.05) is 10.6 Å². The number of aromatic nitrogens is 2. The zero-order valence-electron chi connectivity index (χ0n) is 13.4. The molecule has 1 aromatic heterocycles. The molecule has 0 unspecified atom stereocenters. The molecule has 2 N–H and O–H groups in total. The number of nitrogens with one attached hydrogen (secondary N) is 2. The van der Waals surface area contributed by atoms with E-state index >= 15 is 0 Å². The highest BCUT2D eigenvalue weighted by molar-refractivity contribution is 6.03. The van der Waals surface area contributed by atoms with E-state index < -0.39 is 0 Å². The molecule has 0 atom stereocenters. The molecule has 0 bridgehead atoms. The topological polar surface area (TPSA) is 66.9 Å². The normalized spacial score (nSPS) is 10.8. The van der Waals surface area contributed by atoms with Crippen molar-refractivity contribution >= 4 is 17.4 Å². The van der Waals surface area contributed by atoms with Crippen molar-refractivity contribution < 1.29 is 4.79 Å². The van der Waals surface area contributed by atoms with Gasteiger partial charge in [-0.3, -0.25) is 4.79 Å². The lowest BCUT2D eigenvalue weighted by Crippen LogP contribution is -2.16. The first-order valence-electron chi connectivity index (χ1n) is 7.45. The lowest BCUT2D eigenvalue weighted by atomic mass is 10.0. The Labute approximate surface area is 131 Å². The monoisotopic (exact) mass is 298 g/mol. The van der Waals surface area contributed by atoms with Gasteiger partial charge in [0.1, 0.15) is 17.8 Å². The maximum Gasteiger partial charge on any atom is 0.274 e. The molecule has 0 spiro atoms. The Hall–Kier alpha value is -2.43. The second-order valence-corrected chi connectivity index (χ2v) is 5.82. The van der Waals surface area contributed by atoms with Gasteiger partial charge in [-0.05, 0) is 37.5 Å². The van der Waals surface area contributed by atoms with E-state index in [1.54, 1.807) is 6.07 Å². The third-order valence-electron chi connectivity index (χ3n) is 3.17. The van der Waals surface area contributed by atoms with Gasteiger partial charge in [0.15, 0.2) is 0 Å². The van der Waals surface area contributed by atoms with Gasteiger partial charge in [-0.1, -0.05) is 26.0 Å². The van der Waals surface area contributed by atoms with Crippen molar-refractivity contribution in [2.24, 2.45) is 0 Å². The molecule has 0 saturated heterocycles. The molecule has 1 amide bonds. The molecule has 22 heavy (non-hydrogen) atoms. The summed E-state index contributed by atoms with van der Waals surface area (Å²) < 4.78 is 0. The molecule has 1 heterocycles. The Balaban J connectivity index is 2.08. The number of carbonyl (C=O) groups is 1. The van der Waals surface area contributed by atoms with Crippen LogP contribution in [0, 0.1) is 0 Å². The molecule has 0 fully saturated rings. The number of hydrogen-bond donors (Lipinski definition) is 2. The lowest BCUT2D eigenvalue weighted by molar-refractivity contribution is 0.102. The van der Waals surface area contributed by atoms with Crippen LogP contribution in [0.2, 0.25) is 0 Å². The van der Waals surface area contributed by atoms with Crippen molar-refractivity contribution in [3.05, 3.63) is 47.9 Å². The fraction of sp³-hybridized carbons (Fsp3) is 0.353. The molecular weight excluding hydrogens is 276 g/mol. The summed E-state index contributed by atoms with van der Waals surface area (Å²) in [6.07, 6.45) is 1.39. The molecule has 5 nitrogen and oxygen atoms in total. The molecule has 2 rings (SSSR count). The van der Waals surface area contributed by atoms with E-state index in [0.29, 0.717) is 17.4 Å². The van der Waals surface area contributed by atoms with Gasteiger partial charge in [0.05, 0.1) is 0 Å². The van der Waals surface area contributed by atoms with Crippen molar-refractivity contribution in [1.29, 1.82) is 0 Å². The lowest BCUT2D eigenvalue weighted by Gasteiger charge is -2.10. The van der Waals surface area contributed by atoms with Gasteiger partial charge in [-0.25, -0.2) is 9.97 Å². The maximum atomic E-state index is 12.2. The van der Waals surface area contributed by atoms with Crippen LogP contribution in [0.1, 0.15) is 49.7 Å². The Morgan fingerprint density at radius 1 is 1.05 bits per heavy atom. The van der Waals surface area contributed by atoms with Crippen LogP contribution in [0.3, 0.4) is 0 Å². The summed E-state index contributed by atoms with van der Waals surface area (Å²) >= 11 is 0. The number of carbonyl (C=O) groups excluding carboxylic acids is 1. The van der Waals surface area contributed by atoms with Gasteiger partial charge in [0.2, 0.25) is 0 Å². The van der Waals surface area contributed by atoms with E-state index in [1.807, 2.05) is 38.1 Å². The van der Waals surface area contributed by atoms with Gasteiger partial charge in [0.25, 0.3) is 5.91 Å². The minimum Gasteiger partial charge on any atom is -0.368 e. The Morgan fingerprint density at radius 2 is 1.73 bits per heavy atom. The van der Waals surface area contributed by atoms with Crippen LogP contribution in [-0.4, -0.2) is 21.9 Å². The van der Waals surface area contributed by atoms with E-state index in [9.17, 15) is 4.79 Å². The van der Waals surface area contributed by atoms with Crippen molar-refractivity contribution in [3.8, 4) is 0 Å². The molecule has 5 heteroatoms.